The average Bonchev–Trinajstić information content (AvgIpc) is 3.12. The molecule has 0 aliphatic carbocycles. The Hall–Kier alpha value is -2.34. The van der Waals surface area contributed by atoms with Gasteiger partial charge in [-0.1, -0.05) is 18.2 Å². The summed E-state index contributed by atoms with van der Waals surface area (Å²) in [6, 6.07) is 7.64. The lowest BCUT2D eigenvalue weighted by molar-refractivity contribution is 0.184. The Morgan fingerprint density at radius 1 is 1.38 bits per heavy atom. The number of hydrogen-bond donors (Lipinski definition) is 2. The minimum Gasteiger partial charge on any atom is -0.379 e. The molecule has 0 radical (unpaired) electrons. The van der Waals surface area contributed by atoms with Gasteiger partial charge in [-0.2, -0.15) is 5.10 Å². The number of urea groups is 1. The first-order valence-electron chi connectivity index (χ1n) is 6.98. The lowest BCUT2D eigenvalue weighted by Gasteiger charge is -2.09. The highest BCUT2D eigenvalue weighted by Gasteiger charge is 2.18. The van der Waals surface area contributed by atoms with E-state index in [0.717, 1.165) is 24.3 Å². The number of rotatable bonds is 3. The Balaban J connectivity index is 1.61. The zero-order chi connectivity index (χ0) is 14.7. The zero-order valence-corrected chi connectivity index (χ0v) is 11.9. The topological polar surface area (TPSA) is 68.2 Å². The number of anilines is 2. The van der Waals surface area contributed by atoms with E-state index in [1.165, 1.54) is 0 Å². The van der Waals surface area contributed by atoms with E-state index >= 15 is 0 Å². The van der Waals surface area contributed by atoms with E-state index in [2.05, 4.69) is 15.7 Å². The van der Waals surface area contributed by atoms with Crippen molar-refractivity contribution in [3.63, 3.8) is 0 Å². The van der Waals surface area contributed by atoms with Crippen LogP contribution < -0.4 is 10.6 Å². The van der Waals surface area contributed by atoms with Gasteiger partial charge in [-0.3, -0.25) is 4.68 Å². The number of benzene rings is 1. The maximum Gasteiger partial charge on any atom is 0.323 e. The van der Waals surface area contributed by atoms with Crippen molar-refractivity contribution in [2.75, 3.05) is 23.8 Å². The van der Waals surface area contributed by atoms with Crippen molar-refractivity contribution in [2.45, 2.75) is 19.4 Å². The molecule has 1 aliphatic rings. The van der Waals surface area contributed by atoms with Gasteiger partial charge >= 0.3 is 6.03 Å². The third kappa shape index (κ3) is 3.22. The molecule has 21 heavy (non-hydrogen) atoms. The molecule has 2 heterocycles. The summed E-state index contributed by atoms with van der Waals surface area (Å²) in [4.78, 5) is 12.0. The summed E-state index contributed by atoms with van der Waals surface area (Å²) in [6.45, 7) is 3.39. The number of carbonyl (C=O) groups excluding carboxylic acids is 1. The van der Waals surface area contributed by atoms with Gasteiger partial charge in [-0.15, -0.1) is 0 Å². The van der Waals surface area contributed by atoms with Gasteiger partial charge in [0.25, 0.3) is 0 Å². The van der Waals surface area contributed by atoms with E-state index in [4.69, 9.17) is 4.74 Å². The number of amides is 2. The van der Waals surface area contributed by atoms with Crippen LogP contribution in [0.4, 0.5) is 16.2 Å². The minimum absolute atomic E-state index is 0.264. The molecule has 6 heteroatoms. The van der Waals surface area contributed by atoms with E-state index in [9.17, 15) is 4.79 Å². The number of aryl methyl sites for hydroxylation is 1. The van der Waals surface area contributed by atoms with Gasteiger partial charge in [0.1, 0.15) is 0 Å². The van der Waals surface area contributed by atoms with Gasteiger partial charge in [0.05, 0.1) is 24.5 Å². The first-order chi connectivity index (χ1) is 10.2. The molecule has 2 N–H and O–H groups in total. The predicted molar refractivity (Wildman–Crippen MR) is 80.5 cm³/mol. The molecular weight excluding hydrogens is 268 g/mol. The highest BCUT2D eigenvalue weighted by molar-refractivity contribution is 6.00. The van der Waals surface area contributed by atoms with Crippen molar-refractivity contribution in [3.8, 4) is 0 Å². The van der Waals surface area contributed by atoms with E-state index in [1.54, 1.807) is 6.20 Å². The van der Waals surface area contributed by atoms with Crippen LogP contribution in [0.1, 0.15) is 18.0 Å². The monoisotopic (exact) mass is 286 g/mol. The summed E-state index contributed by atoms with van der Waals surface area (Å²) in [5, 5.41) is 9.88. The van der Waals surface area contributed by atoms with Crippen molar-refractivity contribution < 1.29 is 9.53 Å². The van der Waals surface area contributed by atoms with Crippen LogP contribution in [-0.4, -0.2) is 29.0 Å². The number of carbonyl (C=O) groups is 1. The van der Waals surface area contributed by atoms with Gasteiger partial charge < -0.3 is 15.4 Å². The van der Waals surface area contributed by atoms with Gasteiger partial charge in [-0.05, 0) is 25.0 Å². The SMILES string of the molecule is Cc1ccccc1NC(=O)Nc1cnn([C@@H]2CCOC2)c1. The second kappa shape index (κ2) is 5.97. The third-order valence-electron chi connectivity index (χ3n) is 3.53. The van der Waals surface area contributed by atoms with Crippen LogP contribution in [0, 0.1) is 6.92 Å². The largest absolute Gasteiger partial charge is 0.379 e. The van der Waals surface area contributed by atoms with Crippen LogP contribution in [-0.2, 0) is 4.74 Å². The number of para-hydroxylation sites is 1. The van der Waals surface area contributed by atoms with Gasteiger partial charge in [-0.25, -0.2) is 4.79 Å². The maximum atomic E-state index is 12.0. The Kier molecular flexibility index (Phi) is 3.87. The molecule has 2 aromatic rings. The number of aromatic nitrogens is 2. The molecule has 2 amide bonds. The van der Waals surface area contributed by atoms with E-state index in [0.29, 0.717) is 12.3 Å². The molecule has 0 saturated carbocycles. The second-order valence-electron chi connectivity index (χ2n) is 5.12. The molecule has 1 fully saturated rings. The smallest absolute Gasteiger partial charge is 0.323 e. The summed E-state index contributed by atoms with van der Waals surface area (Å²) in [5.74, 6) is 0. The van der Waals surface area contributed by atoms with E-state index in [-0.39, 0.29) is 12.1 Å². The molecule has 3 rings (SSSR count). The lowest BCUT2D eigenvalue weighted by atomic mass is 10.2. The van der Waals surface area contributed by atoms with Gasteiger partial charge in [0, 0.05) is 18.5 Å². The Morgan fingerprint density at radius 3 is 3.00 bits per heavy atom. The van der Waals surface area contributed by atoms with E-state index < -0.39 is 0 Å². The maximum absolute atomic E-state index is 12.0. The molecule has 1 aliphatic heterocycles. The van der Waals surface area contributed by atoms with Crippen LogP contribution in [0.3, 0.4) is 0 Å². The summed E-state index contributed by atoms with van der Waals surface area (Å²) < 4.78 is 7.18. The Bertz CT molecular complexity index is 632. The van der Waals surface area contributed by atoms with Gasteiger partial charge in [0.15, 0.2) is 0 Å². The molecule has 1 saturated heterocycles. The molecule has 110 valence electrons. The molecule has 0 spiro atoms. The molecule has 1 aromatic carbocycles. The van der Waals surface area contributed by atoms with Crippen LogP contribution in [0.25, 0.3) is 0 Å². The number of hydrogen-bond acceptors (Lipinski definition) is 3. The second-order valence-corrected chi connectivity index (χ2v) is 5.12. The van der Waals surface area contributed by atoms with E-state index in [1.807, 2.05) is 42.1 Å². The average molecular weight is 286 g/mol. The molecule has 1 aromatic heterocycles. The minimum atomic E-state index is -0.272. The predicted octanol–water partition coefficient (Wildman–Crippen LogP) is 2.80. The summed E-state index contributed by atoms with van der Waals surface area (Å²) in [6.07, 6.45) is 4.43. The van der Waals surface area contributed by atoms with Crippen LogP contribution in [0.2, 0.25) is 0 Å². The first-order valence-corrected chi connectivity index (χ1v) is 6.98. The van der Waals surface area contributed by atoms with Gasteiger partial charge in [0.2, 0.25) is 0 Å². The lowest BCUT2D eigenvalue weighted by Crippen LogP contribution is -2.19. The summed E-state index contributed by atoms with van der Waals surface area (Å²) in [7, 11) is 0. The standard InChI is InChI=1S/C15H18N4O2/c1-11-4-2-3-5-14(11)18-15(20)17-12-8-16-19(9-12)13-6-7-21-10-13/h2-5,8-9,13H,6-7,10H2,1H3,(H2,17,18,20)/t13-/m1/s1. The fourth-order valence-corrected chi connectivity index (χ4v) is 2.33. The molecule has 0 bridgehead atoms. The first kappa shape index (κ1) is 13.6. The number of nitrogens with zero attached hydrogens (tertiary/aromatic N) is 2. The van der Waals surface area contributed by atoms with Crippen LogP contribution in [0.15, 0.2) is 36.7 Å². The van der Waals surface area contributed by atoms with Crippen molar-refractivity contribution in [1.29, 1.82) is 0 Å². The van der Waals surface area contributed by atoms with Crippen molar-refractivity contribution in [3.05, 3.63) is 42.2 Å². The highest BCUT2D eigenvalue weighted by atomic mass is 16.5. The fraction of sp³-hybridized carbons (Fsp3) is 0.333. The quantitative estimate of drug-likeness (QED) is 0.911. The number of ether oxygens (including phenoxy) is 1. The molecule has 1 atom stereocenters. The summed E-state index contributed by atoms with van der Waals surface area (Å²) >= 11 is 0. The Labute approximate surface area is 123 Å². The molecule has 0 unspecified atom stereocenters. The highest BCUT2D eigenvalue weighted by Crippen LogP contribution is 2.20. The van der Waals surface area contributed by atoms with Crippen molar-refractivity contribution in [1.82, 2.24) is 9.78 Å². The fourth-order valence-electron chi connectivity index (χ4n) is 2.33. The van der Waals surface area contributed by atoms with Crippen LogP contribution in [0.5, 0.6) is 0 Å². The van der Waals surface area contributed by atoms with Crippen LogP contribution >= 0.6 is 0 Å². The third-order valence-corrected chi connectivity index (χ3v) is 3.53. The molecule has 6 nitrogen and oxygen atoms in total. The van der Waals surface area contributed by atoms with Crippen molar-refractivity contribution in [2.24, 2.45) is 0 Å². The number of nitrogens with one attached hydrogen (secondary N) is 2. The van der Waals surface area contributed by atoms with Crippen molar-refractivity contribution >= 4 is 17.4 Å². The zero-order valence-electron chi connectivity index (χ0n) is 11.9. The Morgan fingerprint density at radius 2 is 2.24 bits per heavy atom. The normalized spacial score (nSPS) is 17.7. The summed E-state index contributed by atoms with van der Waals surface area (Å²) in [5.41, 5.74) is 2.49. The molecular formula is C15H18N4O2.